The summed E-state index contributed by atoms with van der Waals surface area (Å²) in [4.78, 5) is 35.3. The summed E-state index contributed by atoms with van der Waals surface area (Å²) >= 11 is 0. The summed E-state index contributed by atoms with van der Waals surface area (Å²) in [6, 6.07) is 5.85. The van der Waals surface area contributed by atoms with E-state index in [-0.39, 0.29) is 11.1 Å². The van der Waals surface area contributed by atoms with Crippen molar-refractivity contribution in [1.29, 1.82) is 0 Å². The second-order valence-electron chi connectivity index (χ2n) is 4.07. The minimum Gasteiger partial charge on any atom is -0.297 e. The number of alkyl halides is 3. The average Bonchev–Trinajstić information content (AvgIpc) is 2.53. The van der Waals surface area contributed by atoms with E-state index >= 15 is 0 Å². The van der Waals surface area contributed by atoms with Gasteiger partial charge in [0.25, 0.3) is 11.8 Å². The number of benzene rings is 1. The second kappa shape index (κ2) is 4.49. The van der Waals surface area contributed by atoms with Crippen LogP contribution in [0.2, 0.25) is 0 Å². The van der Waals surface area contributed by atoms with Gasteiger partial charge in [0.1, 0.15) is 6.42 Å². The minimum absolute atomic E-state index is 0.104. The van der Waals surface area contributed by atoms with Gasteiger partial charge in [-0.05, 0) is 12.1 Å². The SMILES string of the molecule is O=C(CN1C(=O)c2ccccc2C1=O)CC(F)(F)F. The molecular weight excluding hydrogens is 263 g/mol. The van der Waals surface area contributed by atoms with E-state index in [1.54, 1.807) is 0 Å². The Kier molecular flexibility index (Phi) is 3.13. The van der Waals surface area contributed by atoms with Gasteiger partial charge in [-0.2, -0.15) is 13.2 Å². The molecule has 0 aromatic heterocycles. The van der Waals surface area contributed by atoms with Crippen LogP contribution < -0.4 is 0 Å². The molecule has 1 aromatic rings. The first-order valence-corrected chi connectivity index (χ1v) is 5.33. The topological polar surface area (TPSA) is 54.5 Å². The number of carbonyl (C=O) groups is 3. The molecule has 0 N–H and O–H groups in total. The van der Waals surface area contributed by atoms with Crippen LogP contribution in [-0.4, -0.2) is 35.2 Å². The van der Waals surface area contributed by atoms with E-state index in [0.29, 0.717) is 4.90 Å². The van der Waals surface area contributed by atoms with Crippen LogP contribution in [0.1, 0.15) is 27.1 Å². The molecule has 2 rings (SSSR count). The zero-order valence-corrected chi connectivity index (χ0v) is 9.53. The van der Waals surface area contributed by atoms with Crippen molar-refractivity contribution < 1.29 is 27.6 Å². The molecule has 100 valence electrons. The maximum Gasteiger partial charge on any atom is 0.395 e. The second-order valence-corrected chi connectivity index (χ2v) is 4.07. The van der Waals surface area contributed by atoms with Crippen molar-refractivity contribution in [1.82, 2.24) is 4.90 Å². The van der Waals surface area contributed by atoms with Crippen LogP contribution in [0, 0.1) is 0 Å². The average molecular weight is 271 g/mol. The molecule has 2 amide bonds. The largest absolute Gasteiger partial charge is 0.395 e. The molecule has 0 saturated carbocycles. The summed E-state index contributed by atoms with van der Waals surface area (Å²) in [5.41, 5.74) is 0.208. The van der Waals surface area contributed by atoms with Crippen LogP contribution in [-0.2, 0) is 4.79 Å². The van der Waals surface area contributed by atoms with Crippen LogP contribution in [0.25, 0.3) is 0 Å². The van der Waals surface area contributed by atoms with Crippen molar-refractivity contribution in [2.75, 3.05) is 6.54 Å². The van der Waals surface area contributed by atoms with E-state index in [1.165, 1.54) is 24.3 Å². The molecule has 7 heteroatoms. The van der Waals surface area contributed by atoms with Crippen LogP contribution >= 0.6 is 0 Å². The number of ketones is 1. The molecule has 0 saturated heterocycles. The Hall–Kier alpha value is -2.18. The number of nitrogens with zero attached hydrogens (tertiary/aromatic N) is 1. The number of hydrogen-bond donors (Lipinski definition) is 0. The van der Waals surface area contributed by atoms with Crippen molar-refractivity contribution >= 4 is 17.6 Å². The highest BCUT2D eigenvalue weighted by Crippen LogP contribution is 2.24. The number of carbonyl (C=O) groups excluding carboxylic acids is 3. The van der Waals surface area contributed by atoms with Crippen LogP contribution in [0.4, 0.5) is 13.2 Å². The fraction of sp³-hybridized carbons (Fsp3) is 0.250. The number of halogens is 3. The van der Waals surface area contributed by atoms with Gasteiger partial charge in [0.2, 0.25) is 0 Å². The Morgan fingerprint density at radius 3 is 1.95 bits per heavy atom. The summed E-state index contributed by atoms with van der Waals surface area (Å²) in [7, 11) is 0. The van der Waals surface area contributed by atoms with Gasteiger partial charge in [-0.25, -0.2) is 0 Å². The van der Waals surface area contributed by atoms with Gasteiger partial charge in [-0.15, -0.1) is 0 Å². The third-order valence-electron chi connectivity index (χ3n) is 2.61. The molecule has 1 aliphatic heterocycles. The lowest BCUT2D eigenvalue weighted by Gasteiger charge is -2.13. The van der Waals surface area contributed by atoms with Crippen molar-refractivity contribution in [3.63, 3.8) is 0 Å². The lowest BCUT2D eigenvalue weighted by atomic mass is 10.1. The molecule has 1 heterocycles. The molecule has 0 atom stereocenters. The van der Waals surface area contributed by atoms with Crippen molar-refractivity contribution in [2.24, 2.45) is 0 Å². The number of rotatable bonds is 3. The highest BCUT2D eigenvalue weighted by Gasteiger charge is 2.38. The summed E-state index contributed by atoms with van der Waals surface area (Å²) in [5, 5.41) is 0. The van der Waals surface area contributed by atoms with Crippen molar-refractivity contribution in [3.05, 3.63) is 35.4 Å². The van der Waals surface area contributed by atoms with Gasteiger partial charge >= 0.3 is 6.18 Å². The molecule has 1 aromatic carbocycles. The zero-order valence-electron chi connectivity index (χ0n) is 9.53. The van der Waals surface area contributed by atoms with Gasteiger partial charge in [0.15, 0.2) is 5.78 Å². The molecular formula is C12H8F3NO3. The predicted octanol–water partition coefficient (Wildman–Crippen LogP) is 1.80. The number of fused-ring (bicyclic) bond motifs is 1. The highest BCUT2D eigenvalue weighted by molar-refractivity contribution is 6.22. The van der Waals surface area contributed by atoms with E-state index in [1.807, 2.05) is 0 Å². The molecule has 1 aliphatic rings. The van der Waals surface area contributed by atoms with E-state index < -0.39 is 36.7 Å². The van der Waals surface area contributed by atoms with Crippen LogP contribution in [0.5, 0.6) is 0 Å². The normalized spacial score (nSPS) is 14.8. The number of hydrogen-bond acceptors (Lipinski definition) is 3. The first-order chi connectivity index (χ1) is 8.79. The van der Waals surface area contributed by atoms with Gasteiger partial charge in [0, 0.05) is 0 Å². The monoisotopic (exact) mass is 271 g/mol. The smallest absolute Gasteiger partial charge is 0.297 e. The quantitative estimate of drug-likeness (QED) is 0.788. The Bertz CT molecular complexity index is 531. The van der Waals surface area contributed by atoms with Crippen LogP contribution in [0.15, 0.2) is 24.3 Å². The van der Waals surface area contributed by atoms with Crippen molar-refractivity contribution in [3.8, 4) is 0 Å². The van der Waals surface area contributed by atoms with Gasteiger partial charge < -0.3 is 0 Å². The molecule has 0 unspecified atom stereocenters. The van der Waals surface area contributed by atoms with Crippen LogP contribution in [0.3, 0.4) is 0 Å². The predicted molar refractivity (Wildman–Crippen MR) is 57.5 cm³/mol. The lowest BCUT2D eigenvalue weighted by Crippen LogP contribution is -2.36. The lowest BCUT2D eigenvalue weighted by molar-refractivity contribution is -0.152. The Labute approximate surface area is 105 Å². The standard InChI is InChI=1S/C12H8F3NO3/c13-12(14,15)5-7(17)6-16-10(18)8-3-1-2-4-9(8)11(16)19/h1-4H,5-6H2. The van der Waals surface area contributed by atoms with Gasteiger partial charge in [0.05, 0.1) is 17.7 Å². The number of amides is 2. The Morgan fingerprint density at radius 1 is 1.05 bits per heavy atom. The van der Waals surface area contributed by atoms with E-state index in [2.05, 4.69) is 0 Å². The molecule has 0 aliphatic carbocycles. The molecule has 0 radical (unpaired) electrons. The van der Waals surface area contributed by atoms with E-state index in [4.69, 9.17) is 0 Å². The molecule has 19 heavy (non-hydrogen) atoms. The number of Topliss-reactive ketones (excluding diaryl/α,β-unsaturated/α-hetero) is 1. The summed E-state index contributed by atoms with van der Waals surface area (Å²) in [6.45, 7) is -0.855. The van der Waals surface area contributed by atoms with Crippen molar-refractivity contribution in [2.45, 2.75) is 12.6 Å². The van der Waals surface area contributed by atoms with E-state index in [0.717, 1.165) is 0 Å². The third-order valence-corrected chi connectivity index (χ3v) is 2.61. The summed E-state index contributed by atoms with van der Waals surface area (Å²) < 4.78 is 36.1. The summed E-state index contributed by atoms with van der Waals surface area (Å²) in [6.07, 6.45) is -6.30. The third kappa shape index (κ3) is 2.64. The minimum atomic E-state index is -4.64. The Morgan fingerprint density at radius 2 is 1.53 bits per heavy atom. The van der Waals surface area contributed by atoms with Gasteiger partial charge in [-0.1, -0.05) is 12.1 Å². The molecule has 0 fully saturated rings. The molecule has 0 spiro atoms. The zero-order chi connectivity index (χ0) is 14.2. The fourth-order valence-corrected chi connectivity index (χ4v) is 1.84. The Balaban J connectivity index is 2.15. The highest BCUT2D eigenvalue weighted by atomic mass is 19.4. The fourth-order valence-electron chi connectivity index (χ4n) is 1.84. The maximum atomic E-state index is 12.0. The first kappa shape index (κ1) is 13.3. The number of imide groups is 1. The van der Waals surface area contributed by atoms with Gasteiger partial charge in [-0.3, -0.25) is 19.3 Å². The summed E-state index contributed by atoms with van der Waals surface area (Å²) in [5.74, 6) is -2.70. The van der Waals surface area contributed by atoms with E-state index in [9.17, 15) is 27.6 Å². The maximum absolute atomic E-state index is 12.0. The molecule has 4 nitrogen and oxygen atoms in total. The first-order valence-electron chi connectivity index (χ1n) is 5.33. The molecule has 0 bridgehead atoms.